The third kappa shape index (κ3) is 2.85. The summed E-state index contributed by atoms with van der Waals surface area (Å²) in [6, 6.07) is 2.21. The lowest BCUT2D eigenvalue weighted by molar-refractivity contribution is -0.132. The Kier molecular flexibility index (Phi) is 4.27. The van der Waals surface area contributed by atoms with Crippen LogP contribution >= 0.6 is 0 Å². The second kappa shape index (κ2) is 5.73. The first-order valence-electron chi connectivity index (χ1n) is 7.31. The maximum atomic E-state index is 12.3. The monoisotopic (exact) mass is 248 g/mol. The van der Waals surface area contributed by atoms with Gasteiger partial charge in [0.1, 0.15) is 0 Å². The van der Waals surface area contributed by atoms with E-state index >= 15 is 0 Å². The molecule has 2 rings (SSSR count). The molecule has 0 aliphatic heterocycles. The average molecular weight is 248 g/mol. The van der Waals surface area contributed by atoms with Gasteiger partial charge in [-0.25, -0.2) is 0 Å². The molecule has 2 aliphatic rings. The summed E-state index contributed by atoms with van der Waals surface area (Å²) in [6.07, 6.45) is 6.06. The van der Waals surface area contributed by atoms with Gasteiger partial charge in [-0.2, -0.15) is 5.26 Å². The summed E-state index contributed by atoms with van der Waals surface area (Å²) >= 11 is 0. The van der Waals surface area contributed by atoms with Gasteiger partial charge in [-0.3, -0.25) is 4.79 Å². The second-order valence-corrected chi connectivity index (χ2v) is 6.10. The molecule has 0 aromatic carbocycles. The molecule has 0 aromatic rings. The van der Waals surface area contributed by atoms with Crippen LogP contribution in [0.5, 0.6) is 0 Å². The molecule has 2 saturated carbocycles. The lowest BCUT2D eigenvalue weighted by atomic mass is 9.86. The molecule has 18 heavy (non-hydrogen) atoms. The largest absolute Gasteiger partial charge is 0.342 e. The molecule has 2 fully saturated rings. The fraction of sp³-hybridized carbons (Fsp3) is 0.867. The van der Waals surface area contributed by atoms with Crippen molar-refractivity contribution in [1.82, 2.24) is 4.90 Å². The quantitative estimate of drug-likeness (QED) is 0.751. The first kappa shape index (κ1) is 13.4. The van der Waals surface area contributed by atoms with Crippen LogP contribution in [-0.4, -0.2) is 23.9 Å². The number of hydrogen-bond donors (Lipinski definition) is 0. The fourth-order valence-electron chi connectivity index (χ4n) is 3.76. The van der Waals surface area contributed by atoms with E-state index in [4.69, 9.17) is 5.26 Å². The van der Waals surface area contributed by atoms with E-state index in [-0.39, 0.29) is 11.8 Å². The zero-order valence-electron chi connectivity index (χ0n) is 11.6. The number of nitriles is 1. The number of carbonyl (C=O) groups is 1. The Bertz CT molecular complexity index is 347. The number of rotatable bonds is 5. The molecular weight excluding hydrogens is 224 g/mol. The lowest BCUT2D eigenvalue weighted by Crippen LogP contribution is -2.36. The van der Waals surface area contributed by atoms with Crippen LogP contribution in [0, 0.1) is 35.0 Å². The standard InChI is InChI=1S/C15H24N2O/c1-3-17(10-11(2)9-16)15(18)8-14-7-12-4-5-13(14)6-12/h11-14H,3-8,10H2,1-2H3. The van der Waals surface area contributed by atoms with Crippen LogP contribution in [0.15, 0.2) is 0 Å². The van der Waals surface area contributed by atoms with Gasteiger partial charge in [0.2, 0.25) is 5.91 Å². The normalized spacial score (nSPS) is 31.1. The van der Waals surface area contributed by atoms with E-state index in [1.165, 1.54) is 25.7 Å². The number of nitrogens with zero attached hydrogens (tertiary/aromatic N) is 2. The fourth-order valence-corrected chi connectivity index (χ4v) is 3.76. The van der Waals surface area contributed by atoms with Gasteiger partial charge in [-0.15, -0.1) is 0 Å². The molecule has 0 heterocycles. The molecule has 1 amide bonds. The summed E-state index contributed by atoms with van der Waals surface area (Å²) < 4.78 is 0. The summed E-state index contributed by atoms with van der Waals surface area (Å²) in [7, 11) is 0. The van der Waals surface area contributed by atoms with Gasteiger partial charge in [0.15, 0.2) is 0 Å². The number of fused-ring (bicyclic) bond motifs is 2. The van der Waals surface area contributed by atoms with E-state index in [2.05, 4.69) is 6.07 Å². The van der Waals surface area contributed by atoms with Crippen LogP contribution in [0.4, 0.5) is 0 Å². The minimum absolute atomic E-state index is 0.0612. The van der Waals surface area contributed by atoms with Crippen molar-refractivity contribution in [2.45, 2.75) is 46.0 Å². The van der Waals surface area contributed by atoms with Crippen LogP contribution in [0.1, 0.15) is 46.0 Å². The zero-order chi connectivity index (χ0) is 13.1. The SMILES string of the molecule is CCN(CC(C)C#N)C(=O)CC1CC2CCC1C2. The molecule has 0 saturated heterocycles. The van der Waals surface area contributed by atoms with Crippen molar-refractivity contribution in [1.29, 1.82) is 5.26 Å². The Morgan fingerprint density at radius 1 is 1.44 bits per heavy atom. The minimum atomic E-state index is -0.0612. The Labute approximate surface area is 110 Å². The van der Waals surface area contributed by atoms with Crippen molar-refractivity contribution in [3.8, 4) is 6.07 Å². The Hall–Kier alpha value is -1.04. The molecule has 100 valence electrons. The van der Waals surface area contributed by atoms with Crippen LogP contribution in [0.25, 0.3) is 0 Å². The highest BCUT2D eigenvalue weighted by Gasteiger charge is 2.40. The van der Waals surface area contributed by atoms with E-state index in [1.54, 1.807) is 0 Å². The van der Waals surface area contributed by atoms with Crippen LogP contribution in [0.2, 0.25) is 0 Å². The van der Waals surface area contributed by atoms with Crippen LogP contribution < -0.4 is 0 Å². The lowest BCUT2D eigenvalue weighted by Gasteiger charge is -2.26. The first-order chi connectivity index (χ1) is 8.63. The summed E-state index contributed by atoms with van der Waals surface area (Å²) in [5.74, 6) is 2.54. The smallest absolute Gasteiger partial charge is 0.222 e. The zero-order valence-corrected chi connectivity index (χ0v) is 11.6. The van der Waals surface area contributed by atoms with Crippen molar-refractivity contribution >= 4 is 5.91 Å². The highest BCUT2D eigenvalue weighted by Crippen LogP contribution is 2.49. The molecule has 3 nitrogen and oxygen atoms in total. The molecule has 0 aromatic heterocycles. The minimum Gasteiger partial charge on any atom is -0.342 e. The van der Waals surface area contributed by atoms with Crippen molar-refractivity contribution < 1.29 is 4.79 Å². The Morgan fingerprint density at radius 3 is 2.72 bits per heavy atom. The van der Waals surface area contributed by atoms with Crippen molar-refractivity contribution in [2.75, 3.05) is 13.1 Å². The number of hydrogen-bond acceptors (Lipinski definition) is 2. The third-order valence-electron chi connectivity index (χ3n) is 4.77. The summed E-state index contributed by atoms with van der Waals surface area (Å²) in [6.45, 7) is 5.20. The van der Waals surface area contributed by atoms with E-state index < -0.39 is 0 Å². The molecule has 4 unspecified atom stereocenters. The van der Waals surface area contributed by atoms with Crippen molar-refractivity contribution in [2.24, 2.45) is 23.7 Å². The van der Waals surface area contributed by atoms with Crippen LogP contribution in [0.3, 0.4) is 0 Å². The van der Waals surface area contributed by atoms with Gasteiger partial charge in [0.25, 0.3) is 0 Å². The third-order valence-corrected chi connectivity index (χ3v) is 4.77. The van der Waals surface area contributed by atoms with E-state index in [1.807, 2.05) is 18.7 Å². The molecular formula is C15H24N2O. The Balaban J connectivity index is 1.84. The second-order valence-electron chi connectivity index (χ2n) is 6.10. The maximum Gasteiger partial charge on any atom is 0.222 e. The predicted octanol–water partition coefficient (Wildman–Crippen LogP) is 2.82. The van der Waals surface area contributed by atoms with Crippen LogP contribution in [-0.2, 0) is 4.79 Å². The van der Waals surface area contributed by atoms with E-state index in [0.29, 0.717) is 18.9 Å². The van der Waals surface area contributed by atoms with E-state index in [9.17, 15) is 4.79 Å². The number of carbonyl (C=O) groups excluding carboxylic acids is 1. The molecule has 2 bridgehead atoms. The average Bonchev–Trinajstić information content (AvgIpc) is 2.97. The topological polar surface area (TPSA) is 44.1 Å². The highest BCUT2D eigenvalue weighted by molar-refractivity contribution is 5.76. The number of amides is 1. The van der Waals surface area contributed by atoms with Gasteiger partial charge in [-0.1, -0.05) is 6.42 Å². The molecule has 2 aliphatic carbocycles. The van der Waals surface area contributed by atoms with Gasteiger partial charge in [0, 0.05) is 19.5 Å². The van der Waals surface area contributed by atoms with Crippen molar-refractivity contribution in [3.63, 3.8) is 0 Å². The molecule has 0 N–H and O–H groups in total. The first-order valence-corrected chi connectivity index (χ1v) is 7.31. The predicted molar refractivity (Wildman–Crippen MR) is 70.6 cm³/mol. The summed E-state index contributed by atoms with van der Waals surface area (Å²) in [5, 5.41) is 8.84. The molecule has 0 radical (unpaired) electrons. The van der Waals surface area contributed by atoms with Gasteiger partial charge >= 0.3 is 0 Å². The molecule has 3 heteroatoms. The van der Waals surface area contributed by atoms with Gasteiger partial charge < -0.3 is 4.90 Å². The summed E-state index contributed by atoms with van der Waals surface area (Å²) in [5.41, 5.74) is 0. The Morgan fingerprint density at radius 2 is 2.22 bits per heavy atom. The van der Waals surface area contributed by atoms with Gasteiger partial charge in [0.05, 0.1) is 12.0 Å². The van der Waals surface area contributed by atoms with E-state index in [0.717, 1.165) is 18.4 Å². The molecule has 4 atom stereocenters. The summed E-state index contributed by atoms with van der Waals surface area (Å²) in [4.78, 5) is 14.1. The molecule has 0 spiro atoms. The maximum absolute atomic E-state index is 12.3. The van der Waals surface area contributed by atoms with Gasteiger partial charge in [-0.05, 0) is 50.9 Å². The highest BCUT2D eigenvalue weighted by atomic mass is 16.2. The van der Waals surface area contributed by atoms with Crippen molar-refractivity contribution in [3.05, 3.63) is 0 Å².